The quantitative estimate of drug-likeness (QED) is 0.727. The molecule has 0 aromatic heterocycles. The van der Waals surface area contributed by atoms with Crippen molar-refractivity contribution < 1.29 is 18.0 Å². The zero-order valence-corrected chi connectivity index (χ0v) is 17.0. The SMILES string of the molecule is CC[C@@H](C)NC(=O)NC(=O)CN1CCN(S(=O)(=O)c2ccccc2Cl)CC1. The molecule has 3 amide bonds. The fourth-order valence-corrected chi connectivity index (χ4v) is 4.57. The summed E-state index contributed by atoms with van der Waals surface area (Å²) in [6.07, 6.45) is 0.767. The van der Waals surface area contributed by atoms with E-state index in [9.17, 15) is 18.0 Å². The zero-order valence-electron chi connectivity index (χ0n) is 15.4. The van der Waals surface area contributed by atoms with Gasteiger partial charge in [0.05, 0.1) is 11.6 Å². The molecule has 10 heteroatoms. The van der Waals surface area contributed by atoms with Crippen molar-refractivity contribution in [1.82, 2.24) is 19.8 Å². The van der Waals surface area contributed by atoms with Crippen LogP contribution in [0.2, 0.25) is 5.02 Å². The van der Waals surface area contributed by atoms with Crippen LogP contribution in [0.5, 0.6) is 0 Å². The monoisotopic (exact) mass is 416 g/mol. The van der Waals surface area contributed by atoms with Crippen molar-refractivity contribution in [2.45, 2.75) is 31.2 Å². The van der Waals surface area contributed by atoms with Gasteiger partial charge in [0.15, 0.2) is 0 Å². The van der Waals surface area contributed by atoms with E-state index in [2.05, 4.69) is 10.6 Å². The van der Waals surface area contributed by atoms with Crippen molar-refractivity contribution in [3.05, 3.63) is 29.3 Å². The third-order valence-electron chi connectivity index (χ3n) is 4.40. The minimum atomic E-state index is -3.67. The van der Waals surface area contributed by atoms with E-state index >= 15 is 0 Å². The summed E-state index contributed by atoms with van der Waals surface area (Å²) in [4.78, 5) is 25.5. The lowest BCUT2D eigenvalue weighted by Crippen LogP contribution is -2.52. The molecule has 2 N–H and O–H groups in total. The van der Waals surface area contributed by atoms with Gasteiger partial charge in [0.2, 0.25) is 15.9 Å². The number of hydrogen-bond donors (Lipinski definition) is 2. The fraction of sp³-hybridized carbons (Fsp3) is 0.529. The molecule has 1 aromatic rings. The number of benzene rings is 1. The van der Waals surface area contributed by atoms with Crippen LogP contribution in [0, 0.1) is 0 Å². The van der Waals surface area contributed by atoms with E-state index in [1.807, 2.05) is 18.7 Å². The van der Waals surface area contributed by atoms with Crippen molar-refractivity contribution in [2.24, 2.45) is 0 Å². The number of sulfonamides is 1. The molecule has 1 heterocycles. The fourth-order valence-electron chi connectivity index (χ4n) is 2.65. The lowest BCUT2D eigenvalue weighted by Gasteiger charge is -2.33. The average molecular weight is 417 g/mol. The van der Waals surface area contributed by atoms with E-state index in [0.29, 0.717) is 13.1 Å². The second-order valence-electron chi connectivity index (χ2n) is 6.44. The predicted molar refractivity (Wildman–Crippen MR) is 103 cm³/mol. The Morgan fingerprint density at radius 2 is 1.81 bits per heavy atom. The maximum Gasteiger partial charge on any atom is 0.321 e. The van der Waals surface area contributed by atoms with Gasteiger partial charge >= 0.3 is 6.03 Å². The summed E-state index contributed by atoms with van der Waals surface area (Å²) in [5.41, 5.74) is 0. The number of urea groups is 1. The van der Waals surface area contributed by atoms with Gasteiger partial charge in [-0.1, -0.05) is 30.7 Å². The van der Waals surface area contributed by atoms with Crippen molar-refractivity contribution in [2.75, 3.05) is 32.7 Å². The second-order valence-corrected chi connectivity index (χ2v) is 8.76. The van der Waals surface area contributed by atoms with Gasteiger partial charge in [0.25, 0.3) is 0 Å². The van der Waals surface area contributed by atoms with Crippen LogP contribution < -0.4 is 10.6 Å². The van der Waals surface area contributed by atoms with Gasteiger partial charge in [0, 0.05) is 32.2 Å². The molecule has 1 aliphatic rings. The minimum absolute atomic E-state index is 0.0173. The van der Waals surface area contributed by atoms with Gasteiger partial charge in [-0.3, -0.25) is 15.0 Å². The predicted octanol–water partition coefficient (Wildman–Crippen LogP) is 1.27. The Balaban J connectivity index is 1.86. The Morgan fingerprint density at radius 1 is 1.19 bits per heavy atom. The normalized spacial score (nSPS) is 17.3. The molecule has 0 saturated carbocycles. The average Bonchev–Trinajstić information content (AvgIpc) is 2.62. The third kappa shape index (κ3) is 5.90. The number of hydrogen-bond acceptors (Lipinski definition) is 5. The Morgan fingerprint density at radius 3 is 2.41 bits per heavy atom. The van der Waals surface area contributed by atoms with E-state index in [0.717, 1.165) is 6.42 Å². The van der Waals surface area contributed by atoms with Crippen LogP contribution in [0.4, 0.5) is 4.79 Å². The summed E-state index contributed by atoms with van der Waals surface area (Å²) in [6, 6.07) is 5.79. The Kier molecular flexibility index (Phi) is 7.60. The first-order valence-corrected chi connectivity index (χ1v) is 10.6. The number of rotatable bonds is 6. The number of carbonyl (C=O) groups is 2. The molecule has 150 valence electrons. The molecule has 0 radical (unpaired) electrons. The molecule has 1 atom stereocenters. The molecular weight excluding hydrogens is 392 g/mol. The van der Waals surface area contributed by atoms with Gasteiger partial charge in [-0.25, -0.2) is 13.2 Å². The third-order valence-corrected chi connectivity index (χ3v) is 6.79. The molecule has 1 aromatic carbocycles. The molecule has 8 nitrogen and oxygen atoms in total. The topological polar surface area (TPSA) is 98.8 Å². The first-order valence-electron chi connectivity index (χ1n) is 8.81. The second kappa shape index (κ2) is 9.50. The molecule has 2 rings (SSSR count). The van der Waals surface area contributed by atoms with Gasteiger partial charge in [-0.2, -0.15) is 4.31 Å². The number of nitrogens with zero attached hydrogens (tertiary/aromatic N) is 2. The molecule has 0 aliphatic carbocycles. The van der Waals surface area contributed by atoms with Crippen LogP contribution in [0.15, 0.2) is 29.2 Å². The van der Waals surface area contributed by atoms with E-state index < -0.39 is 22.0 Å². The van der Waals surface area contributed by atoms with Crippen LogP contribution in [0.3, 0.4) is 0 Å². The van der Waals surface area contributed by atoms with Crippen molar-refractivity contribution in [1.29, 1.82) is 0 Å². The highest BCUT2D eigenvalue weighted by molar-refractivity contribution is 7.89. The van der Waals surface area contributed by atoms with E-state index in [-0.39, 0.29) is 35.6 Å². The molecule has 1 aliphatic heterocycles. The number of halogens is 1. The summed E-state index contributed by atoms with van der Waals surface area (Å²) >= 11 is 6.01. The summed E-state index contributed by atoms with van der Waals surface area (Å²) in [7, 11) is -3.67. The van der Waals surface area contributed by atoms with E-state index in [1.54, 1.807) is 18.2 Å². The number of piperazine rings is 1. The van der Waals surface area contributed by atoms with Crippen molar-refractivity contribution >= 4 is 33.6 Å². The Hall–Kier alpha value is -1.68. The van der Waals surface area contributed by atoms with Crippen LogP contribution in [0.1, 0.15) is 20.3 Å². The highest BCUT2D eigenvalue weighted by atomic mass is 35.5. The molecular formula is C17H25ClN4O4S. The van der Waals surface area contributed by atoms with Crippen molar-refractivity contribution in [3.63, 3.8) is 0 Å². The zero-order chi connectivity index (χ0) is 20.0. The largest absolute Gasteiger partial charge is 0.335 e. The standard InChI is InChI=1S/C17H25ClN4O4S/c1-3-13(2)19-17(24)20-16(23)12-21-8-10-22(11-9-21)27(25,26)15-7-5-4-6-14(15)18/h4-7,13H,3,8-12H2,1-2H3,(H2,19,20,23,24)/t13-/m1/s1. The Labute approximate surface area is 164 Å². The molecule has 0 bridgehead atoms. The lowest BCUT2D eigenvalue weighted by molar-refractivity contribution is -0.121. The van der Waals surface area contributed by atoms with Crippen LogP contribution in [-0.4, -0.2) is 68.3 Å². The molecule has 1 fully saturated rings. The van der Waals surface area contributed by atoms with Crippen LogP contribution >= 0.6 is 11.6 Å². The van der Waals surface area contributed by atoms with Gasteiger partial charge in [-0.05, 0) is 25.5 Å². The number of imide groups is 1. The summed E-state index contributed by atoms with van der Waals surface area (Å²) in [6.45, 7) is 5.10. The smallest absolute Gasteiger partial charge is 0.321 e. The minimum Gasteiger partial charge on any atom is -0.335 e. The van der Waals surface area contributed by atoms with Crippen molar-refractivity contribution in [3.8, 4) is 0 Å². The van der Waals surface area contributed by atoms with E-state index in [1.165, 1.54) is 10.4 Å². The Bertz CT molecular complexity index is 779. The first-order chi connectivity index (χ1) is 12.7. The molecule has 1 saturated heterocycles. The highest BCUT2D eigenvalue weighted by Gasteiger charge is 2.30. The summed E-state index contributed by atoms with van der Waals surface area (Å²) < 4.78 is 26.8. The first kappa shape index (κ1) is 21.6. The van der Waals surface area contributed by atoms with Gasteiger partial charge in [0.1, 0.15) is 4.90 Å². The number of amides is 3. The van der Waals surface area contributed by atoms with Gasteiger partial charge in [-0.15, -0.1) is 0 Å². The lowest BCUT2D eigenvalue weighted by atomic mass is 10.3. The number of nitrogens with one attached hydrogen (secondary N) is 2. The molecule has 0 unspecified atom stereocenters. The highest BCUT2D eigenvalue weighted by Crippen LogP contribution is 2.24. The summed E-state index contributed by atoms with van der Waals surface area (Å²) in [5.74, 6) is -0.418. The maximum absolute atomic E-state index is 12.7. The number of carbonyl (C=O) groups excluding carboxylic acids is 2. The maximum atomic E-state index is 12.7. The molecule has 27 heavy (non-hydrogen) atoms. The van der Waals surface area contributed by atoms with Gasteiger partial charge < -0.3 is 5.32 Å². The summed E-state index contributed by atoms with van der Waals surface area (Å²) in [5, 5.41) is 5.13. The van der Waals surface area contributed by atoms with Crippen LogP contribution in [0.25, 0.3) is 0 Å². The van der Waals surface area contributed by atoms with Crippen LogP contribution in [-0.2, 0) is 14.8 Å². The van der Waals surface area contributed by atoms with E-state index in [4.69, 9.17) is 11.6 Å². The molecule has 0 spiro atoms.